The van der Waals surface area contributed by atoms with Crippen molar-refractivity contribution in [1.82, 2.24) is 20.2 Å². The van der Waals surface area contributed by atoms with Gasteiger partial charge < -0.3 is 11.1 Å². The summed E-state index contributed by atoms with van der Waals surface area (Å²) in [7, 11) is 0. The number of nitrogens with one attached hydrogen (secondary N) is 1. The molecule has 1 fully saturated rings. The molecule has 0 radical (unpaired) electrons. The molecule has 3 N–H and O–H groups in total. The topological polar surface area (TPSA) is 114 Å². The van der Waals surface area contributed by atoms with Crippen LogP contribution in [0.4, 0.5) is 18.9 Å². The molecular formula is C21H21F3N6O2. The van der Waals surface area contributed by atoms with Crippen LogP contribution in [-0.4, -0.2) is 45.1 Å². The average molecular weight is 446 g/mol. The van der Waals surface area contributed by atoms with E-state index in [1.165, 1.54) is 4.90 Å². The number of hydrogen-bond donors (Lipinski definition) is 2. The van der Waals surface area contributed by atoms with E-state index in [1.807, 2.05) is 6.07 Å². The standard InChI is InChI=1S/C21H21F3N6O2/c1-3-30-18(27-13-7-5-4-6-8-13)14(12(2)25)11-15(20(30)32)28-19(31)17-26-10-9-16(29-17)21(22,23)24/h4-10,15H,3,11,25H2,1-2H3,(H,28,31)/b14-12-,27-18?. The van der Waals surface area contributed by atoms with Gasteiger partial charge in [0, 0.05) is 30.4 Å². The SMILES string of the molecule is CCN1C(=O)C(NC(=O)c2nccc(C(F)(F)F)n2)C/C(=C(\C)N)C1=Nc1ccccc1. The minimum atomic E-state index is -4.73. The van der Waals surface area contributed by atoms with Gasteiger partial charge >= 0.3 is 6.18 Å². The van der Waals surface area contributed by atoms with Crippen molar-refractivity contribution >= 4 is 23.3 Å². The second-order valence-electron chi connectivity index (χ2n) is 7.01. The fourth-order valence-electron chi connectivity index (χ4n) is 3.20. The van der Waals surface area contributed by atoms with Crippen LogP contribution in [0.1, 0.15) is 36.6 Å². The minimum Gasteiger partial charge on any atom is -0.402 e. The van der Waals surface area contributed by atoms with Gasteiger partial charge in [0.25, 0.3) is 11.8 Å². The number of allylic oxidation sites excluding steroid dienone is 1. The lowest BCUT2D eigenvalue weighted by atomic mass is 9.96. The zero-order valence-electron chi connectivity index (χ0n) is 17.3. The highest BCUT2D eigenvalue weighted by atomic mass is 19.4. The second kappa shape index (κ2) is 9.16. The van der Waals surface area contributed by atoms with Crippen molar-refractivity contribution in [3.63, 3.8) is 0 Å². The molecule has 2 amide bonds. The number of aromatic nitrogens is 2. The third-order valence-electron chi connectivity index (χ3n) is 4.74. The Morgan fingerprint density at radius 1 is 1.28 bits per heavy atom. The van der Waals surface area contributed by atoms with Crippen LogP contribution < -0.4 is 11.1 Å². The van der Waals surface area contributed by atoms with Crippen LogP contribution in [-0.2, 0) is 11.0 Å². The average Bonchev–Trinajstić information content (AvgIpc) is 2.75. The number of rotatable bonds is 4. The molecule has 3 rings (SSSR count). The van der Waals surface area contributed by atoms with Gasteiger partial charge in [-0.25, -0.2) is 15.0 Å². The number of aliphatic imine (C=N–C) groups is 1. The van der Waals surface area contributed by atoms with Crippen LogP contribution in [0.25, 0.3) is 0 Å². The quantitative estimate of drug-likeness (QED) is 0.750. The summed E-state index contributed by atoms with van der Waals surface area (Å²) in [6, 6.07) is 8.57. The zero-order chi connectivity index (χ0) is 23.5. The minimum absolute atomic E-state index is 0.0219. The van der Waals surface area contributed by atoms with E-state index >= 15 is 0 Å². The van der Waals surface area contributed by atoms with Gasteiger partial charge in [0.2, 0.25) is 5.82 Å². The monoisotopic (exact) mass is 446 g/mol. The lowest BCUT2D eigenvalue weighted by Crippen LogP contribution is -2.55. The molecule has 1 unspecified atom stereocenters. The van der Waals surface area contributed by atoms with Crippen molar-refractivity contribution in [3.8, 4) is 0 Å². The molecule has 8 nitrogen and oxygen atoms in total. The van der Waals surface area contributed by atoms with Crippen molar-refractivity contribution < 1.29 is 22.8 Å². The van der Waals surface area contributed by atoms with Gasteiger partial charge in [-0.1, -0.05) is 18.2 Å². The number of alkyl halides is 3. The van der Waals surface area contributed by atoms with Gasteiger partial charge in [-0.3, -0.25) is 14.5 Å². The van der Waals surface area contributed by atoms with Crippen LogP contribution in [0.15, 0.2) is 58.9 Å². The Kier molecular flexibility index (Phi) is 6.56. The van der Waals surface area contributed by atoms with Crippen LogP contribution in [0, 0.1) is 0 Å². The van der Waals surface area contributed by atoms with E-state index < -0.39 is 35.6 Å². The van der Waals surface area contributed by atoms with Gasteiger partial charge in [-0.15, -0.1) is 0 Å². The number of amides is 2. The number of benzene rings is 1. The number of hydrogen-bond acceptors (Lipinski definition) is 6. The Morgan fingerprint density at radius 2 is 1.97 bits per heavy atom. The van der Waals surface area contributed by atoms with Crippen molar-refractivity contribution in [2.75, 3.05) is 6.54 Å². The summed E-state index contributed by atoms with van der Waals surface area (Å²) in [5, 5.41) is 2.43. The zero-order valence-corrected chi connectivity index (χ0v) is 17.3. The fourth-order valence-corrected chi connectivity index (χ4v) is 3.20. The molecule has 1 aliphatic rings. The smallest absolute Gasteiger partial charge is 0.402 e. The van der Waals surface area contributed by atoms with Crippen molar-refractivity contribution in [2.24, 2.45) is 10.7 Å². The highest BCUT2D eigenvalue weighted by Gasteiger charge is 2.38. The summed E-state index contributed by atoms with van der Waals surface area (Å²) in [4.78, 5) is 38.4. The number of amidine groups is 1. The number of para-hydroxylation sites is 1. The maximum Gasteiger partial charge on any atom is 0.433 e. The van der Waals surface area contributed by atoms with Crippen LogP contribution in [0.2, 0.25) is 0 Å². The largest absolute Gasteiger partial charge is 0.433 e. The summed E-state index contributed by atoms with van der Waals surface area (Å²) in [6.45, 7) is 3.63. The highest BCUT2D eigenvalue weighted by Crippen LogP contribution is 2.27. The van der Waals surface area contributed by atoms with Gasteiger partial charge in [-0.2, -0.15) is 13.2 Å². The Bertz CT molecular complexity index is 1080. The van der Waals surface area contributed by atoms with E-state index in [2.05, 4.69) is 20.3 Å². The predicted molar refractivity (Wildman–Crippen MR) is 111 cm³/mol. The summed E-state index contributed by atoms with van der Waals surface area (Å²) in [5.74, 6) is -1.78. The molecule has 0 saturated carbocycles. The van der Waals surface area contributed by atoms with E-state index in [-0.39, 0.29) is 13.0 Å². The van der Waals surface area contributed by atoms with Crippen molar-refractivity contribution in [2.45, 2.75) is 32.5 Å². The second-order valence-corrected chi connectivity index (χ2v) is 7.01. The first-order chi connectivity index (χ1) is 15.1. The van der Waals surface area contributed by atoms with Gasteiger partial charge in [-0.05, 0) is 32.0 Å². The van der Waals surface area contributed by atoms with E-state index in [4.69, 9.17) is 5.73 Å². The normalized spacial score (nSPS) is 19.8. The van der Waals surface area contributed by atoms with E-state index in [0.717, 1.165) is 6.20 Å². The van der Waals surface area contributed by atoms with Crippen molar-refractivity contribution in [1.29, 1.82) is 0 Å². The highest BCUT2D eigenvalue weighted by molar-refractivity contribution is 6.14. The third-order valence-corrected chi connectivity index (χ3v) is 4.74. The molecule has 168 valence electrons. The third kappa shape index (κ3) is 4.93. The number of likely N-dealkylation sites (tertiary alicyclic amines) is 1. The molecule has 1 aliphatic heterocycles. The number of carbonyl (C=O) groups excluding carboxylic acids is 2. The summed E-state index contributed by atoms with van der Waals surface area (Å²) in [6.07, 6.45) is -3.87. The number of nitrogens with two attached hydrogens (primary N) is 1. The molecule has 2 heterocycles. The van der Waals surface area contributed by atoms with E-state index in [1.54, 1.807) is 38.1 Å². The molecule has 32 heavy (non-hydrogen) atoms. The number of likely N-dealkylation sites (N-methyl/N-ethyl adjacent to an activating group) is 1. The number of nitrogens with zero attached hydrogens (tertiary/aromatic N) is 4. The number of piperidine rings is 1. The molecule has 1 atom stereocenters. The summed E-state index contributed by atoms with van der Waals surface area (Å²) in [5.41, 5.74) is 6.36. The lowest BCUT2D eigenvalue weighted by molar-refractivity contribution is -0.141. The van der Waals surface area contributed by atoms with Gasteiger partial charge in [0.05, 0.1) is 5.69 Å². The van der Waals surface area contributed by atoms with Crippen LogP contribution in [0.3, 0.4) is 0 Å². The molecule has 0 aliphatic carbocycles. The first kappa shape index (κ1) is 22.9. The van der Waals surface area contributed by atoms with Gasteiger partial charge in [0.15, 0.2) is 0 Å². The summed E-state index contributed by atoms with van der Waals surface area (Å²) >= 11 is 0. The molecule has 1 saturated heterocycles. The molecular weight excluding hydrogens is 425 g/mol. The Balaban J connectivity index is 1.90. The first-order valence-corrected chi connectivity index (χ1v) is 9.73. The molecule has 0 spiro atoms. The predicted octanol–water partition coefficient (Wildman–Crippen LogP) is 2.81. The maximum atomic E-state index is 13.1. The maximum absolute atomic E-state index is 13.1. The van der Waals surface area contributed by atoms with Crippen LogP contribution >= 0.6 is 0 Å². The number of carbonyl (C=O) groups is 2. The number of halogens is 3. The van der Waals surface area contributed by atoms with E-state index in [0.29, 0.717) is 28.9 Å². The van der Waals surface area contributed by atoms with E-state index in [9.17, 15) is 22.8 Å². The Hall–Kier alpha value is -3.76. The molecule has 0 bridgehead atoms. The fraction of sp³-hybridized carbons (Fsp3) is 0.286. The molecule has 2 aromatic rings. The molecule has 1 aromatic carbocycles. The van der Waals surface area contributed by atoms with Gasteiger partial charge in [0.1, 0.15) is 17.6 Å². The summed E-state index contributed by atoms with van der Waals surface area (Å²) < 4.78 is 38.7. The Labute approximate surface area is 182 Å². The molecule has 1 aromatic heterocycles. The van der Waals surface area contributed by atoms with Crippen molar-refractivity contribution in [3.05, 3.63) is 65.4 Å². The molecule has 11 heteroatoms. The van der Waals surface area contributed by atoms with Crippen LogP contribution in [0.5, 0.6) is 0 Å². The Morgan fingerprint density at radius 3 is 2.56 bits per heavy atom. The first-order valence-electron chi connectivity index (χ1n) is 9.73. The lowest BCUT2D eigenvalue weighted by Gasteiger charge is -2.35.